The van der Waals surface area contributed by atoms with E-state index in [2.05, 4.69) is 4.90 Å². The molecule has 2 N–H and O–H groups in total. The summed E-state index contributed by atoms with van der Waals surface area (Å²) in [6, 6.07) is 8.12. The SMILES string of the molecule is CCN1C[C@@]2(COC)C3[C@@H](OC)[C@H]4[C@@H]1[C@@]3(C1C[C@@]3(O)[C@H](OC(=O)c5ccccc5)C1[C@]4(OC(C)=O)[C@@H](O)[C@@H]3OC)[C@@H](OC)C[C@H]2OC(C)=O. The molecule has 0 amide bonds. The Morgan fingerprint density at radius 2 is 1.63 bits per heavy atom. The van der Waals surface area contributed by atoms with Crippen molar-refractivity contribution in [1.29, 1.82) is 0 Å². The van der Waals surface area contributed by atoms with Gasteiger partial charge in [-0.25, -0.2) is 4.79 Å². The van der Waals surface area contributed by atoms with Crippen LogP contribution in [0.2, 0.25) is 0 Å². The number of ether oxygens (including phenoxy) is 7. The summed E-state index contributed by atoms with van der Waals surface area (Å²) in [7, 11) is 6.25. The summed E-state index contributed by atoms with van der Waals surface area (Å²) in [4.78, 5) is 42.2. The van der Waals surface area contributed by atoms with Crippen molar-refractivity contribution in [2.45, 2.75) is 87.5 Å². The molecule has 0 radical (unpaired) electrons. The fourth-order valence-corrected chi connectivity index (χ4v) is 12.7. The molecule has 1 saturated heterocycles. The van der Waals surface area contributed by atoms with Crippen molar-refractivity contribution in [2.24, 2.45) is 34.5 Å². The van der Waals surface area contributed by atoms with Crippen LogP contribution in [0.4, 0.5) is 0 Å². The smallest absolute Gasteiger partial charge is 0.338 e. The van der Waals surface area contributed by atoms with Crippen molar-refractivity contribution in [2.75, 3.05) is 48.1 Å². The summed E-state index contributed by atoms with van der Waals surface area (Å²) in [6.07, 6.45) is -5.45. The molecular weight excluding hydrogens is 638 g/mol. The maximum atomic E-state index is 13.8. The molecule has 15 atom stereocenters. The Kier molecular flexibility index (Phi) is 8.49. The summed E-state index contributed by atoms with van der Waals surface area (Å²) in [5.41, 5.74) is -4.92. The molecule has 270 valence electrons. The molecule has 49 heavy (non-hydrogen) atoms. The highest BCUT2D eigenvalue weighted by molar-refractivity contribution is 5.89. The Hall–Kier alpha value is -2.65. The first-order valence-electron chi connectivity index (χ1n) is 17.2. The van der Waals surface area contributed by atoms with Crippen LogP contribution in [-0.4, -0.2) is 135 Å². The van der Waals surface area contributed by atoms with E-state index in [0.29, 0.717) is 19.5 Å². The number of fused-ring (bicyclic) bond motifs is 2. The fourth-order valence-electron chi connectivity index (χ4n) is 12.7. The van der Waals surface area contributed by atoms with Gasteiger partial charge >= 0.3 is 17.9 Å². The summed E-state index contributed by atoms with van der Waals surface area (Å²) in [6.45, 7) is 5.99. The highest BCUT2D eigenvalue weighted by atomic mass is 16.6. The first-order chi connectivity index (χ1) is 23.4. The summed E-state index contributed by atoms with van der Waals surface area (Å²) >= 11 is 0. The summed E-state index contributed by atoms with van der Waals surface area (Å²) in [5.74, 6) is -4.24. The van der Waals surface area contributed by atoms with Crippen LogP contribution in [0.3, 0.4) is 0 Å². The van der Waals surface area contributed by atoms with Gasteiger partial charge in [0.25, 0.3) is 0 Å². The van der Waals surface area contributed by atoms with Crippen molar-refractivity contribution in [3.05, 3.63) is 35.9 Å². The van der Waals surface area contributed by atoms with E-state index < -0.39 is 100 Å². The highest BCUT2D eigenvalue weighted by Crippen LogP contribution is 2.80. The van der Waals surface area contributed by atoms with Gasteiger partial charge in [0.1, 0.15) is 30.0 Å². The van der Waals surface area contributed by atoms with Gasteiger partial charge in [-0.15, -0.1) is 0 Å². The quantitative estimate of drug-likeness (QED) is 0.267. The zero-order chi connectivity index (χ0) is 35.3. The van der Waals surface area contributed by atoms with E-state index in [1.807, 2.05) is 6.92 Å². The van der Waals surface area contributed by atoms with Gasteiger partial charge < -0.3 is 43.4 Å². The minimum atomic E-state index is -1.86. The number of piperidine rings is 1. The van der Waals surface area contributed by atoms with Crippen molar-refractivity contribution in [3.8, 4) is 0 Å². The first-order valence-corrected chi connectivity index (χ1v) is 17.2. The first kappa shape index (κ1) is 34.8. The van der Waals surface area contributed by atoms with E-state index in [4.69, 9.17) is 33.2 Å². The van der Waals surface area contributed by atoms with E-state index >= 15 is 0 Å². The van der Waals surface area contributed by atoms with Gasteiger partial charge in [0.05, 0.1) is 24.4 Å². The maximum absolute atomic E-state index is 13.8. The number of hydrogen-bond acceptors (Lipinski definition) is 13. The lowest BCUT2D eigenvalue weighted by molar-refractivity contribution is -0.322. The highest BCUT2D eigenvalue weighted by Gasteiger charge is 2.92. The average molecular weight is 688 g/mol. The van der Waals surface area contributed by atoms with Crippen LogP contribution in [0.25, 0.3) is 0 Å². The third-order valence-corrected chi connectivity index (χ3v) is 13.4. The number of rotatable bonds is 10. The molecule has 1 aliphatic heterocycles. The van der Waals surface area contributed by atoms with E-state index in [0.717, 1.165) is 0 Å². The van der Waals surface area contributed by atoms with Crippen molar-refractivity contribution < 1.29 is 57.8 Å². The molecule has 3 unspecified atom stereocenters. The van der Waals surface area contributed by atoms with Crippen LogP contribution in [-0.2, 0) is 42.7 Å². The third-order valence-electron chi connectivity index (χ3n) is 13.4. The van der Waals surface area contributed by atoms with Gasteiger partial charge in [0.15, 0.2) is 5.60 Å². The van der Waals surface area contributed by atoms with Crippen molar-refractivity contribution in [1.82, 2.24) is 4.90 Å². The molecule has 6 fully saturated rings. The summed E-state index contributed by atoms with van der Waals surface area (Å²) in [5, 5.41) is 25.5. The van der Waals surface area contributed by atoms with E-state index in [1.54, 1.807) is 51.7 Å². The topological polar surface area (TPSA) is 160 Å². The molecule has 0 aromatic heterocycles. The number of methoxy groups -OCH3 is 4. The lowest BCUT2D eigenvalue weighted by Crippen LogP contribution is -2.81. The second-order valence-corrected chi connectivity index (χ2v) is 15.0. The number of carbonyl (C=O) groups excluding carboxylic acids is 3. The molecule has 7 rings (SSSR count). The number of aliphatic hydroxyl groups is 2. The molecule has 1 heterocycles. The van der Waals surface area contributed by atoms with Gasteiger partial charge in [0.2, 0.25) is 0 Å². The maximum Gasteiger partial charge on any atom is 0.338 e. The molecule has 1 spiro atoms. The van der Waals surface area contributed by atoms with E-state index in [1.165, 1.54) is 21.0 Å². The molecule has 1 aromatic carbocycles. The van der Waals surface area contributed by atoms with Gasteiger partial charge in [-0.2, -0.15) is 0 Å². The number of hydrogen-bond donors (Lipinski definition) is 2. The Bertz CT molecular complexity index is 1480. The second kappa shape index (κ2) is 12.0. The fraction of sp³-hybridized carbons (Fsp3) is 0.750. The van der Waals surface area contributed by atoms with Crippen LogP contribution in [0.5, 0.6) is 0 Å². The zero-order valence-corrected chi connectivity index (χ0v) is 29.2. The van der Waals surface area contributed by atoms with Crippen molar-refractivity contribution in [3.63, 3.8) is 0 Å². The third kappa shape index (κ3) is 4.21. The summed E-state index contributed by atoms with van der Waals surface area (Å²) < 4.78 is 43.9. The molecule has 13 heteroatoms. The molecular formula is C36H49NO12. The number of nitrogens with zero attached hydrogens (tertiary/aromatic N) is 1. The minimum absolute atomic E-state index is 0.0534. The van der Waals surface area contributed by atoms with Crippen LogP contribution < -0.4 is 0 Å². The monoisotopic (exact) mass is 687 g/mol. The number of likely N-dealkylation sites (tertiary alicyclic amines) is 1. The van der Waals surface area contributed by atoms with E-state index in [-0.39, 0.29) is 24.6 Å². The Morgan fingerprint density at radius 1 is 0.918 bits per heavy atom. The molecule has 1 aromatic rings. The normalized spacial score (nSPS) is 47.4. The molecule has 5 saturated carbocycles. The van der Waals surface area contributed by atoms with Gasteiger partial charge in [-0.05, 0) is 31.0 Å². The zero-order valence-electron chi connectivity index (χ0n) is 29.2. The van der Waals surface area contributed by atoms with Crippen LogP contribution in [0.15, 0.2) is 30.3 Å². The number of carbonyl (C=O) groups is 3. The van der Waals surface area contributed by atoms with E-state index in [9.17, 15) is 24.6 Å². The average Bonchev–Trinajstić information content (AvgIpc) is 3.44. The number of aliphatic hydroxyl groups excluding tert-OH is 1. The number of benzene rings is 1. The lowest BCUT2D eigenvalue weighted by atomic mass is 9.42. The van der Waals surface area contributed by atoms with Gasteiger partial charge in [-0.3, -0.25) is 14.5 Å². The largest absolute Gasteiger partial charge is 0.462 e. The van der Waals surface area contributed by atoms with Gasteiger partial charge in [0, 0.05) is 89.9 Å². The van der Waals surface area contributed by atoms with Crippen molar-refractivity contribution >= 4 is 17.9 Å². The lowest BCUT2D eigenvalue weighted by Gasteiger charge is -2.70. The van der Waals surface area contributed by atoms with Crippen LogP contribution >= 0.6 is 0 Å². The predicted octanol–water partition coefficient (Wildman–Crippen LogP) is 1.22. The molecule has 6 aliphatic rings. The van der Waals surface area contributed by atoms with Gasteiger partial charge in [-0.1, -0.05) is 25.1 Å². The standard InChI is InChI=1S/C36H49NO12/c1-8-37-16-33(17-43-4)22(47-18(2)38)14-23(44-5)35-21-15-34(42)30(48-32(41)20-12-10-9-11-13-20)24(21)36(49-19(3)39,29(40)31(34)46-7)25(28(35)37)26(45-6)27(33)35/h9-13,21-31,40,42H,8,14-17H2,1-7H3/t21?,22-,23+,24?,25+,26+,27?,28-,29+,30-,31+,33+,34-,35+,36-/m1/s1. The Labute approximate surface area is 286 Å². The van der Waals surface area contributed by atoms with Crippen LogP contribution in [0.1, 0.15) is 44.0 Å². The Morgan fingerprint density at radius 3 is 2.20 bits per heavy atom. The predicted molar refractivity (Wildman–Crippen MR) is 170 cm³/mol. The Balaban J connectivity index is 1.53. The molecule has 5 aliphatic carbocycles. The number of esters is 3. The molecule has 13 nitrogen and oxygen atoms in total. The van der Waals surface area contributed by atoms with Crippen LogP contribution in [0, 0.1) is 34.5 Å². The molecule has 7 bridgehead atoms. The second-order valence-electron chi connectivity index (χ2n) is 15.0. The minimum Gasteiger partial charge on any atom is -0.462 e.